The molecule has 1 rings (SSSR count). The van der Waals surface area contributed by atoms with Crippen LogP contribution in [0.5, 0.6) is 0 Å². The zero-order chi connectivity index (χ0) is 13.1. The summed E-state index contributed by atoms with van der Waals surface area (Å²) in [5.74, 6) is -1.42. The van der Waals surface area contributed by atoms with E-state index < -0.39 is 15.8 Å². The lowest BCUT2D eigenvalue weighted by molar-refractivity contribution is 0.0697. The molecular weight excluding hydrogens is 268 g/mol. The van der Waals surface area contributed by atoms with Gasteiger partial charge in [-0.3, -0.25) is 0 Å². The first-order chi connectivity index (χ1) is 7.88. The van der Waals surface area contributed by atoms with Crippen LogP contribution in [0.3, 0.4) is 0 Å². The van der Waals surface area contributed by atoms with E-state index >= 15 is 0 Å². The molecule has 94 valence electrons. The van der Waals surface area contributed by atoms with Gasteiger partial charge in [-0.25, -0.2) is 13.2 Å². The second kappa shape index (κ2) is 5.48. The average molecular weight is 279 g/mol. The van der Waals surface area contributed by atoms with Crippen molar-refractivity contribution >= 4 is 27.4 Å². The number of carbonyl (C=O) groups is 1. The van der Waals surface area contributed by atoms with Crippen LogP contribution in [0.15, 0.2) is 23.1 Å². The van der Waals surface area contributed by atoms with E-state index in [2.05, 4.69) is 0 Å². The summed E-state index contributed by atoms with van der Waals surface area (Å²) in [6.07, 6.45) is 0.126. The van der Waals surface area contributed by atoms with E-state index in [0.29, 0.717) is 0 Å². The number of aromatic carboxylic acids is 1. The highest BCUT2D eigenvalue weighted by atomic mass is 35.5. The Kier molecular flexibility index (Phi) is 4.50. The van der Waals surface area contributed by atoms with Crippen molar-refractivity contribution in [1.29, 1.82) is 0 Å². The molecule has 1 aromatic rings. The number of hydrogen-bond donors (Lipinski definition) is 2. The van der Waals surface area contributed by atoms with Gasteiger partial charge in [0.2, 0.25) is 0 Å². The Morgan fingerprint density at radius 2 is 2.00 bits per heavy atom. The smallest absolute Gasteiger partial charge is 0.337 e. The van der Waals surface area contributed by atoms with Crippen molar-refractivity contribution < 1.29 is 23.4 Å². The number of hydrogen-bond acceptors (Lipinski definition) is 4. The molecule has 5 nitrogen and oxygen atoms in total. The summed E-state index contributed by atoms with van der Waals surface area (Å²) >= 11 is 5.67. The first-order valence-corrected chi connectivity index (χ1v) is 6.78. The van der Waals surface area contributed by atoms with Crippen molar-refractivity contribution in [2.45, 2.75) is 11.3 Å². The lowest BCUT2D eigenvalue weighted by Gasteiger charge is -2.05. The zero-order valence-electron chi connectivity index (χ0n) is 8.76. The molecule has 0 fully saturated rings. The van der Waals surface area contributed by atoms with Crippen molar-refractivity contribution in [2.24, 2.45) is 0 Å². The summed E-state index contributed by atoms with van der Waals surface area (Å²) < 4.78 is 23.4. The number of aliphatic hydroxyl groups is 1. The Balaban J connectivity index is 3.09. The average Bonchev–Trinajstić information content (AvgIpc) is 2.25. The summed E-state index contributed by atoms with van der Waals surface area (Å²) in [5, 5.41) is 17.2. The Morgan fingerprint density at radius 3 is 2.47 bits per heavy atom. The van der Waals surface area contributed by atoms with Crippen LogP contribution in [0.2, 0.25) is 5.02 Å². The molecule has 0 amide bonds. The third kappa shape index (κ3) is 3.42. The summed E-state index contributed by atoms with van der Waals surface area (Å²) in [6, 6.07) is 3.45. The molecule has 0 aliphatic rings. The van der Waals surface area contributed by atoms with Crippen LogP contribution in [-0.2, 0) is 9.84 Å². The van der Waals surface area contributed by atoms with Gasteiger partial charge in [0.15, 0.2) is 9.84 Å². The molecule has 0 bridgehead atoms. The Hall–Kier alpha value is -1.11. The van der Waals surface area contributed by atoms with E-state index in [9.17, 15) is 13.2 Å². The van der Waals surface area contributed by atoms with Crippen molar-refractivity contribution in [3.63, 3.8) is 0 Å². The normalized spacial score (nSPS) is 11.4. The zero-order valence-corrected chi connectivity index (χ0v) is 10.3. The molecule has 17 heavy (non-hydrogen) atoms. The highest BCUT2D eigenvalue weighted by Gasteiger charge is 2.17. The quantitative estimate of drug-likeness (QED) is 0.844. The molecule has 0 heterocycles. The molecule has 0 radical (unpaired) electrons. The van der Waals surface area contributed by atoms with E-state index in [-0.39, 0.29) is 34.3 Å². The van der Waals surface area contributed by atoms with Crippen LogP contribution in [0.25, 0.3) is 0 Å². The number of carboxylic acid groups (broad SMARTS) is 1. The van der Waals surface area contributed by atoms with E-state index in [1.165, 1.54) is 6.07 Å². The van der Waals surface area contributed by atoms with Crippen LogP contribution in [0.4, 0.5) is 0 Å². The fourth-order valence-electron chi connectivity index (χ4n) is 1.24. The number of halogens is 1. The SMILES string of the molecule is O=C(O)c1ccc(S(=O)(=O)CCCO)cc1Cl. The van der Waals surface area contributed by atoms with Gasteiger partial charge >= 0.3 is 5.97 Å². The van der Waals surface area contributed by atoms with Crippen LogP contribution >= 0.6 is 11.6 Å². The van der Waals surface area contributed by atoms with Crippen molar-refractivity contribution in [1.82, 2.24) is 0 Å². The number of rotatable bonds is 5. The van der Waals surface area contributed by atoms with Crippen molar-refractivity contribution in [3.05, 3.63) is 28.8 Å². The Labute approximate surface area is 104 Å². The predicted molar refractivity (Wildman–Crippen MR) is 62.2 cm³/mol. The number of benzene rings is 1. The lowest BCUT2D eigenvalue weighted by Crippen LogP contribution is -2.09. The molecule has 7 heteroatoms. The fourth-order valence-corrected chi connectivity index (χ4v) is 2.88. The van der Waals surface area contributed by atoms with Gasteiger partial charge in [-0.1, -0.05) is 11.6 Å². The first-order valence-electron chi connectivity index (χ1n) is 4.75. The second-order valence-corrected chi connectivity index (χ2v) is 5.86. The molecule has 1 aromatic carbocycles. The summed E-state index contributed by atoms with van der Waals surface area (Å²) in [6.45, 7) is -0.222. The monoisotopic (exact) mass is 278 g/mol. The van der Waals surface area contributed by atoms with Gasteiger partial charge in [-0.15, -0.1) is 0 Å². The van der Waals surface area contributed by atoms with Crippen molar-refractivity contribution in [2.75, 3.05) is 12.4 Å². The number of sulfone groups is 1. The minimum absolute atomic E-state index is 0.0408. The molecule has 0 saturated heterocycles. The van der Waals surface area contributed by atoms with Gasteiger partial charge in [-0.2, -0.15) is 0 Å². The van der Waals surface area contributed by atoms with Crippen LogP contribution in [0.1, 0.15) is 16.8 Å². The fraction of sp³-hybridized carbons (Fsp3) is 0.300. The molecule has 0 saturated carbocycles. The summed E-state index contributed by atoms with van der Waals surface area (Å²) in [4.78, 5) is 10.6. The van der Waals surface area contributed by atoms with E-state index in [4.69, 9.17) is 21.8 Å². The molecule has 0 aromatic heterocycles. The number of aliphatic hydroxyl groups excluding tert-OH is 1. The standard InChI is InChI=1S/C10H11ClO5S/c11-9-6-7(2-3-8(9)10(13)14)17(15,16)5-1-4-12/h2-3,6,12H,1,4-5H2,(H,13,14). The first kappa shape index (κ1) is 14.0. The van der Waals surface area contributed by atoms with Gasteiger partial charge in [0.25, 0.3) is 0 Å². The molecule has 0 unspecified atom stereocenters. The van der Waals surface area contributed by atoms with E-state index in [0.717, 1.165) is 12.1 Å². The highest BCUT2D eigenvalue weighted by Crippen LogP contribution is 2.22. The second-order valence-electron chi connectivity index (χ2n) is 3.34. The minimum Gasteiger partial charge on any atom is -0.478 e. The largest absolute Gasteiger partial charge is 0.478 e. The lowest BCUT2D eigenvalue weighted by atomic mass is 10.2. The van der Waals surface area contributed by atoms with Gasteiger partial charge in [0.05, 0.1) is 21.2 Å². The molecule has 0 atom stereocenters. The van der Waals surface area contributed by atoms with Crippen LogP contribution in [-0.4, -0.2) is 37.0 Å². The molecule has 0 aliphatic heterocycles. The Morgan fingerprint density at radius 1 is 1.35 bits per heavy atom. The maximum Gasteiger partial charge on any atom is 0.337 e. The molecule has 0 aliphatic carbocycles. The van der Waals surface area contributed by atoms with Crippen LogP contribution in [0, 0.1) is 0 Å². The molecule has 2 N–H and O–H groups in total. The van der Waals surface area contributed by atoms with Crippen LogP contribution < -0.4 is 0 Å². The maximum absolute atomic E-state index is 11.7. The molecule has 0 spiro atoms. The third-order valence-electron chi connectivity index (χ3n) is 2.10. The third-order valence-corrected chi connectivity index (χ3v) is 4.21. The van der Waals surface area contributed by atoms with E-state index in [1.807, 2.05) is 0 Å². The Bertz CT molecular complexity index is 523. The van der Waals surface area contributed by atoms with Gasteiger partial charge in [0, 0.05) is 6.61 Å². The van der Waals surface area contributed by atoms with Gasteiger partial charge < -0.3 is 10.2 Å². The predicted octanol–water partition coefficient (Wildman–Crippen LogP) is 1.19. The van der Waals surface area contributed by atoms with Crippen molar-refractivity contribution in [3.8, 4) is 0 Å². The topological polar surface area (TPSA) is 91.7 Å². The highest BCUT2D eigenvalue weighted by molar-refractivity contribution is 7.91. The summed E-state index contributed by atoms with van der Waals surface area (Å²) in [5.41, 5.74) is -0.146. The number of carboxylic acids is 1. The molecular formula is C10H11ClO5S. The van der Waals surface area contributed by atoms with Gasteiger partial charge in [0.1, 0.15) is 0 Å². The maximum atomic E-state index is 11.7. The van der Waals surface area contributed by atoms with E-state index in [1.54, 1.807) is 0 Å². The summed E-state index contributed by atoms with van der Waals surface area (Å²) in [7, 11) is -3.52. The minimum atomic E-state index is -3.52. The van der Waals surface area contributed by atoms with Gasteiger partial charge in [-0.05, 0) is 24.6 Å².